The number of nitrogens with zero attached hydrogens (tertiary/aromatic N) is 3. The van der Waals surface area contributed by atoms with E-state index in [-0.39, 0.29) is 47.3 Å². The fraction of sp³-hybridized carbons (Fsp3) is 0.138. The van der Waals surface area contributed by atoms with Crippen LogP contribution in [-0.2, 0) is 34.0 Å². The van der Waals surface area contributed by atoms with Gasteiger partial charge < -0.3 is 10.1 Å². The molecule has 0 aliphatic rings. The second kappa shape index (κ2) is 11.6. The quantitative estimate of drug-likeness (QED) is 0.180. The Morgan fingerprint density at radius 2 is 1.51 bits per heavy atom. The molecule has 222 valence electrons. The molecule has 0 unspecified atom stereocenters. The first kappa shape index (κ1) is 29.9. The number of aromatic nitrogens is 3. The molecule has 5 rings (SSSR count). The molecular formula is C29H20F6N4O3S. The Morgan fingerprint density at radius 3 is 2.19 bits per heavy atom. The van der Waals surface area contributed by atoms with Crippen molar-refractivity contribution in [3.05, 3.63) is 108 Å². The summed E-state index contributed by atoms with van der Waals surface area (Å²) < 4.78 is 109. The summed E-state index contributed by atoms with van der Waals surface area (Å²) in [5, 5.41) is 3.30. The summed E-state index contributed by atoms with van der Waals surface area (Å²) in [5.41, 5.74) is -5.23. The van der Waals surface area contributed by atoms with Crippen LogP contribution in [-0.4, -0.2) is 28.9 Å². The predicted molar refractivity (Wildman–Crippen MR) is 146 cm³/mol. The van der Waals surface area contributed by atoms with Crippen LogP contribution < -0.4 is 5.32 Å². The van der Waals surface area contributed by atoms with E-state index in [1.165, 1.54) is 30.5 Å². The van der Waals surface area contributed by atoms with E-state index in [0.29, 0.717) is 5.39 Å². The monoisotopic (exact) mass is 618 g/mol. The van der Waals surface area contributed by atoms with Gasteiger partial charge >= 0.3 is 11.7 Å². The third-order valence-corrected chi connectivity index (χ3v) is 7.71. The first-order valence-electron chi connectivity index (χ1n) is 12.5. The number of nitrogens with one attached hydrogen (secondary N) is 1. The Hall–Kier alpha value is -4.56. The van der Waals surface area contributed by atoms with Gasteiger partial charge in [-0.2, -0.15) is 26.3 Å². The zero-order valence-electron chi connectivity index (χ0n) is 21.8. The van der Waals surface area contributed by atoms with Gasteiger partial charge in [-0.25, -0.2) is 18.4 Å². The average molecular weight is 619 g/mol. The number of pyridine rings is 1. The van der Waals surface area contributed by atoms with Crippen LogP contribution in [0.15, 0.2) is 96.0 Å². The van der Waals surface area contributed by atoms with Gasteiger partial charge in [0.15, 0.2) is 5.82 Å². The van der Waals surface area contributed by atoms with E-state index in [1.54, 1.807) is 0 Å². The maximum Gasteiger partial charge on any atom is 0.501 e. The Kier molecular flexibility index (Phi) is 8.08. The summed E-state index contributed by atoms with van der Waals surface area (Å²) in [6, 6.07) is 19.5. The molecule has 3 aromatic carbocycles. The zero-order chi connectivity index (χ0) is 30.8. The summed E-state index contributed by atoms with van der Waals surface area (Å²) in [4.78, 5) is 11.9. The number of alkyl halides is 6. The highest BCUT2D eigenvalue weighted by Crippen LogP contribution is 2.37. The van der Waals surface area contributed by atoms with Crippen LogP contribution in [0.3, 0.4) is 0 Å². The fourth-order valence-electron chi connectivity index (χ4n) is 4.17. The van der Waals surface area contributed by atoms with Gasteiger partial charge in [-0.3, -0.25) is 4.98 Å². The molecule has 5 aromatic rings. The molecule has 0 saturated heterocycles. The molecule has 0 aliphatic heterocycles. The van der Waals surface area contributed by atoms with Crippen molar-refractivity contribution in [2.45, 2.75) is 29.8 Å². The van der Waals surface area contributed by atoms with Gasteiger partial charge in [0.1, 0.15) is 12.4 Å². The topological polar surface area (TPSA) is 94.1 Å². The van der Waals surface area contributed by atoms with Gasteiger partial charge in [0.25, 0.3) is 9.84 Å². The average Bonchev–Trinajstić information content (AvgIpc) is 2.97. The molecule has 0 radical (unpaired) electrons. The molecule has 0 saturated carbocycles. The van der Waals surface area contributed by atoms with Crippen molar-refractivity contribution in [3.8, 4) is 11.3 Å². The first-order chi connectivity index (χ1) is 20.3. The second-order valence-corrected chi connectivity index (χ2v) is 11.1. The smallest absolute Gasteiger partial charge is 0.369 e. The van der Waals surface area contributed by atoms with E-state index in [9.17, 15) is 34.8 Å². The molecule has 2 aromatic heterocycles. The lowest BCUT2D eigenvalue weighted by atomic mass is 10.0. The van der Waals surface area contributed by atoms with Gasteiger partial charge in [0.05, 0.1) is 28.3 Å². The molecule has 0 bridgehead atoms. The molecule has 0 spiro atoms. The molecule has 43 heavy (non-hydrogen) atoms. The Bertz CT molecular complexity index is 1860. The van der Waals surface area contributed by atoms with Crippen molar-refractivity contribution in [2.75, 3.05) is 5.32 Å². The molecule has 0 aliphatic carbocycles. The summed E-state index contributed by atoms with van der Waals surface area (Å²) in [6.45, 7) is 0.146. The lowest BCUT2D eigenvalue weighted by Crippen LogP contribution is -2.23. The second-order valence-electron chi connectivity index (χ2n) is 9.19. The van der Waals surface area contributed by atoms with Gasteiger partial charge in [0, 0.05) is 22.8 Å². The van der Waals surface area contributed by atoms with Crippen LogP contribution in [0.25, 0.3) is 22.2 Å². The number of fused-ring (bicyclic) bond motifs is 1. The number of hydrogen-bond donors (Lipinski definition) is 1. The lowest BCUT2D eigenvalue weighted by molar-refractivity contribution is -0.137. The molecule has 14 heteroatoms. The fourth-order valence-corrected chi connectivity index (χ4v) is 4.93. The van der Waals surface area contributed by atoms with E-state index >= 15 is 0 Å². The van der Waals surface area contributed by atoms with Crippen molar-refractivity contribution in [3.63, 3.8) is 0 Å². The Morgan fingerprint density at radius 1 is 0.791 bits per heavy atom. The maximum absolute atomic E-state index is 13.7. The molecule has 0 amide bonds. The molecule has 7 nitrogen and oxygen atoms in total. The summed E-state index contributed by atoms with van der Waals surface area (Å²) >= 11 is 0. The van der Waals surface area contributed by atoms with E-state index in [4.69, 9.17) is 4.74 Å². The minimum Gasteiger partial charge on any atom is -0.369 e. The number of sulfone groups is 1. The molecule has 0 fully saturated rings. The lowest BCUT2D eigenvalue weighted by Gasteiger charge is -2.15. The Labute approximate surface area is 241 Å². The summed E-state index contributed by atoms with van der Waals surface area (Å²) in [5.74, 6) is 0.328. The molecule has 2 heterocycles. The Balaban J connectivity index is 1.52. The highest BCUT2D eigenvalue weighted by atomic mass is 32.2. The van der Waals surface area contributed by atoms with Gasteiger partial charge in [-0.15, -0.1) is 0 Å². The summed E-state index contributed by atoms with van der Waals surface area (Å²) in [7, 11) is -5.54. The third-order valence-electron chi connectivity index (χ3n) is 6.20. The van der Waals surface area contributed by atoms with E-state index in [2.05, 4.69) is 20.3 Å². The van der Waals surface area contributed by atoms with Crippen molar-refractivity contribution in [1.82, 2.24) is 15.0 Å². The highest BCUT2D eigenvalue weighted by Gasteiger charge is 2.46. The first-order valence-corrected chi connectivity index (χ1v) is 13.9. The van der Waals surface area contributed by atoms with Gasteiger partial charge in [0.2, 0.25) is 0 Å². The molecule has 1 N–H and O–H groups in total. The normalized spacial score (nSPS) is 12.4. The number of anilines is 2. The predicted octanol–water partition coefficient (Wildman–Crippen LogP) is 7.46. The largest absolute Gasteiger partial charge is 0.501 e. The summed E-state index contributed by atoms with van der Waals surface area (Å²) in [6.07, 6.45) is -3.41. The van der Waals surface area contributed by atoms with Crippen molar-refractivity contribution >= 4 is 32.2 Å². The van der Waals surface area contributed by atoms with Crippen LogP contribution >= 0.6 is 0 Å². The van der Waals surface area contributed by atoms with Crippen LogP contribution in [0, 0.1) is 0 Å². The SMILES string of the molecule is O=S(=O)(c1ccc(Nc2nc(COCc3ccccc3)nc3cc(-c4ncccc4C(F)(F)F)ccc23)cc1)C(F)(F)F. The van der Waals surface area contributed by atoms with Crippen molar-refractivity contribution < 1.29 is 39.5 Å². The zero-order valence-corrected chi connectivity index (χ0v) is 22.6. The maximum atomic E-state index is 13.7. The number of hydrogen-bond acceptors (Lipinski definition) is 7. The molecular weight excluding hydrogens is 598 g/mol. The minimum absolute atomic E-state index is 0.0795. The molecule has 0 atom stereocenters. The van der Waals surface area contributed by atoms with E-state index in [1.807, 2.05) is 30.3 Å². The van der Waals surface area contributed by atoms with Crippen LogP contribution in [0.2, 0.25) is 0 Å². The van der Waals surface area contributed by atoms with Gasteiger partial charge in [-0.05, 0) is 54.1 Å². The van der Waals surface area contributed by atoms with E-state index in [0.717, 1.165) is 35.9 Å². The van der Waals surface area contributed by atoms with Gasteiger partial charge in [-0.1, -0.05) is 36.4 Å². The van der Waals surface area contributed by atoms with E-state index < -0.39 is 32.0 Å². The minimum atomic E-state index is -5.54. The third kappa shape index (κ3) is 6.60. The van der Waals surface area contributed by atoms with Crippen LogP contribution in [0.5, 0.6) is 0 Å². The highest BCUT2D eigenvalue weighted by molar-refractivity contribution is 7.92. The van der Waals surface area contributed by atoms with Crippen molar-refractivity contribution in [1.29, 1.82) is 0 Å². The number of halogens is 6. The van der Waals surface area contributed by atoms with Crippen molar-refractivity contribution in [2.24, 2.45) is 0 Å². The van der Waals surface area contributed by atoms with Crippen LogP contribution in [0.1, 0.15) is 17.0 Å². The number of benzene rings is 3. The standard InChI is InChI=1S/C29H20F6N4O3S/c30-28(31,32)23-7-4-14-36-26(23)19-8-13-22-24(15-19)38-25(17-42-16-18-5-2-1-3-6-18)39-27(22)37-20-9-11-21(12-10-20)43(40,41)29(33,34)35/h1-15H,16-17H2,(H,37,38,39). The number of ether oxygens (including phenoxy) is 1. The van der Waals surface area contributed by atoms with Crippen LogP contribution in [0.4, 0.5) is 37.8 Å². The number of rotatable bonds is 8.